The summed E-state index contributed by atoms with van der Waals surface area (Å²) >= 11 is 0. The van der Waals surface area contributed by atoms with Crippen molar-refractivity contribution in [3.63, 3.8) is 0 Å². The summed E-state index contributed by atoms with van der Waals surface area (Å²) in [5.41, 5.74) is 7.20. The van der Waals surface area contributed by atoms with Crippen LogP contribution in [0.15, 0.2) is 63.6 Å². The number of aromatic carboxylic acids is 1. The number of benzene rings is 3. The first-order chi connectivity index (χ1) is 17.2. The molecule has 36 heavy (non-hydrogen) atoms. The van der Waals surface area contributed by atoms with Crippen LogP contribution in [0.4, 0.5) is 11.4 Å². The number of carboxylic acid groups (broad SMARTS) is 1. The topological polar surface area (TPSA) is 120 Å². The number of phenolic OH excluding ortho intramolecular Hbond substituents is 1. The lowest BCUT2D eigenvalue weighted by atomic mass is 9.94. The number of phenols is 1. The molecule has 0 unspecified atom stereocenters. The van der Waals surface area contributed by atoms with Crippen LogP contribution in [0, 0.1) is 20.8 Å². The Morgan fingerprint density at radius 2 is 1.72 bits per heavy atom. The number of carbonyl (C=O) groups is 1. The Bertz CT molecular complexity index is 1590. The molecule has 8 nitrogen and oxygen atoms in total. The number of hydrogen-bond donors (Lipinski definition) is 3. The van der Waals surface area contributed by atoms with Crippen LogP contribution >= 0.6 is 0 Å². The molecule has 1 aliphatic rings. The summed E-state index contributed by atoms with van der Waals surface area (Å²) in [7, 11) is 0. The van der Waals surface area contributed by atoms with Gasteiger partial charge < -0.3 is 10.2 Å². The molecule has 0 spiro atoms. The first kappa shape index (κ1) is 23.3. The van der Waals surface area contributed by atoms with E-state index in [1.165, 1.54) is 16.8 Å². The van der Waals surface area contributed by atoms with E-state index in [-0.39, 0.29) is 28.2 Å². The van der Waals surface area contributed by atoms with E-state index in [1.54, 1.807) is 19.1 Å². The van der Waals surface area contributed by atoms with Crippen molar-refractivity contribution in [2.45, 2.75) is 40.0 Å². The minimum atomic E-state index is -1.01. The van der Waals surface area contributed by atoms with Crippen LogP contribution in [-0.4, -0.2) is 26.0 Å². The largest absolute Gasteiger partial charge is 0.505 e. The van der Waals surface area contributed by atoms with Gasteiger partial charge in [0, 0.05) is 5.56 Å². The maximum Gasteiger partial charge on any atom is 0.335 e. The first-order valence-corrected chi connectivity index (χ1v) is 11.8. The predicted octanol–water partition coefficient (Wildman–Crippen LogP) is 6.07. The highest BCUT2D eigenvalue weighted by Crippen LogP contribution is 2.45. The number of aromatic hydroxyl groups is 1. The number of aromatic nitrogens is 2. The summed E-state index contributed by atoms with van der Waals surface area (Å²) in [6.45, 7) is 5.76. The quantitative estimate of drug-likeness (QED) is 0.299. The van der Waals surface area contributed by atoms with Gasteiger partial charge in [0.05, 0.1) is 16.9 Å². The standard InChI is InChI=1S/C28H26N4O4/c1-15-7-12-21(13-16(15)2)32-27(34)25(17(3)31-32)30-29-23-14-20-5-4-6-22(20)24(26(23)33)18-8-10-19(11-9-18)28(35)36/h7-14,31,33H,4-6H2,1-3H3,(H,35,36). The van der Waals surface area contributed by atoms with Gasteiger partial charge in [-0.15, -0.1) is 10.2 Å². The number of fused-ring (bicyclic) bond motifs is 1. The SMILES string of the molecule is Cc1ccc(-n2[nH]c(C)c(N=Nc3cc4c(c(-c5ccc(C(=O)O)cc5)c3O)CCC4)c2=O)cc1C. The Hall–Kier alpha value is -4.46. The molecule has 1 aliphatic carbocycles. The zero-order valence-electron chi connectivity index (χ0n) is 20.3. The lowest BCUT2D eigenvalue weighted by Crippen LogP contribution is -2.14. The number of nitrogens with zero attached hydrogens (tertiary/aromatic N) is 3. The van der Waals surface area contributed by atoms with Crippen LogP contribution < -0.4 is 5.56 Å². The Kier molecular flexibility index (Phi) is 5.80. The van der Waals surface area contributed by atoms with Crippen LogP contribution in [-0.2, 0) is 12.8 Å². The van der Waals surface area contributed by atoms with Gasteiger partial charge in [-0.1, -0.05) is 18.2 Å². The fourth-order valence-corrected chi connectivity index (χ4v) is 4.69. The molecule has 3 N–H and O–H groups in total. The van der Waals surface area contributed by atoms with Gasteiger partial charge >= 0.3 is 5.97 Å². The molecule has 1 heterocycles. The molecule has 0 bridgehead atoms. The fraction of sp³-hybridized carbons (Fsp3) is 0.214. The number of carboxylic acids is 1. The third-order valence-electron chi connectivity index (χ3n) is 6.82. The molecule has 0 saturated heterocycles. The van der Waals surface area contributed by atoms with E-state index >= 15 is 0 Å². The van der Waals surface area contributed by atoms with E-state index in [0.29, 0.717) is 22.5 Å². The van der Waals surface area contributed by atoms with E-state index in [4.69, 9.17) is 0 Å². The van der Waals surface area contributed by atoms with Crippen molar-refractivity contribution in [1.29, 1.82) is 0 Å². The molecule has 0 radical (unpaired) electrons. The maximum atomic E-state index is 13.1. The lowest BCUT2D eigenvalue weighted by molar-refractivity contribution is 0.0697. The summed E-state index contributed by atoms with van der Waals surface area (Å²) in [5, 5.41) is 32.0. The smallest absolute Gasteiger partial charge is 0.335 e. The molecular formula is C28H26N4O4. The number of azo groups is 1. The van der Waals surface area contributed by atoms with Gasteiger partial charge in [-0.3, -0.25) is 9.89 Å². The molecular weight excluding hydrogens is 456 g/mol. The zero-order valence-corrected chi connectivity index (χ0v) is 20.3. The highest BCUT2D eigenvalue weighted by Gasteiger charge is 2.23. The predicted molar refractivity (Wildman–Crippen MR) is 137 cm³/mol. The third kappa shape index (κ3) is 4.00. The molecule has 0 aliphatic heterocycles. The summed E-state index contributed by atoms with van der Waals surface area (Å²) in [6, 6.07) is 14.0. The van der Waals surface area contributed by atoms with Crippen LogP contribution in [0.1, 0.15) is 44.7 Å². The number of aromatic amines is 1. The average Bonchev–Trinajstić information content (AvgIpc) is 3.43. The molecule has 8 heteroatoms. The molecule has 5 rings (SSSR count). The number of aryl methyl sites for hydroxylation is 4. The fourth-order valence-electron chi connectivity index (χ4n) is 4.69. The average molecular weight is 483 g/mol. The second-order valence-corrected chi connectivity index (χ2v) is 9.19. The summed E-state index contributed by atoms with van der Waals surface area (Å²) in [6.07, 6.45) is 2.61. The van der Waals surface area contributed by atoms with Crippen molar-refractivity contribution in [1.82, 2.24) is 9.78 Å². The molecule has 3 aromatic carbocycles. The molecule has 0 saturated carbocycles. The number of hydrogen-bond acceptors (Lipinski definition) is 5. The van der Waals surface area contributed by atoms with E-state index in [9.17, 15) is 19.8 Å². The van der Waals surface area contributed by atoms with Crippen molar-refractivity contribution >= 4 is 17.3 Å². The molecule has 0 fully saturated rings. The number of H-pyrrole nitrogens is 1. The van der Waals surface area contributed by atoms with Gasteiger partial charge in [0.15, 0.2) is 11.4 Å². The van der Waals surface area contributed by atoms with Gasteiger partial charge in [0.1, 0.15) is 5.69 Å². The zero-order chi connectivity index (χ0) is 25.6. The van der Waals surface area contributed by atoms with Gasteiger partial charge in [-0.2, -0.15) is 0 Å². The lowest BCUT2D eigenvalue weighted by Gasteiger charge is -2.13. The third-order valence-corrected chi connectivity index (χ3v) is 6.82. The molecule has 0 atom stereocenters. The van der Waals surface area contributed by atoms with E-state index in [0.717, 1.165) is 41.5 Å². The maximum absolute atomic E-state index is 13.1. The highest BCUT2D eigenvalue weighted by atomic mass is 16.4. The van der Waals surface area contributed by atoms with Crippen molar-refractivity contribution in [2.75, 3.05) is 0 Å². The Labute approximate surface area is 207 Å². The van der Waals surface area contributed by atoms with Gasteiger partial charge in [0.2, 0.25) is 0 Å². The monoisotopic (exact) mass is 482 g/mol. The minimum absolute atomic E-state index is 0.0369. The van der Waals surface area contributed by atoms with Crippen molar-refractivity contribution in [3.05, 3.63) is 92.4 Å². The van der Waals surface area contributed by atoms with Gasteiger partial charge in [-0.25, -0.2) is 9.48 Å². The molecule has 4 aromatic rings. The normalized spacial score (nSPS) is 12.9. The Morgan fingerprint density at radius 3 is 2.42 bits per heavy atom. The van der Waals surface area contributed by atoms with Crippen LogP contribution in [0.5, 0.6) is 5.75 Å². The highest BCUT2D eigenvalue weighted by molar-refractivity contribution is 5.89. The summed E-state index contributed by atoms with van der Waals surface area (Å²) in [4.78, 5) is 24.4. The van der Waals surface area contributed by atoms with Crippen LogP contribution in [0.25, 0.3) is 16.8 Å². The van der Waals surface area contributed by atoms with Gasteiger partial charge in [-0.05, 0) is 98.2 Å². The Balaban J connectivity index is 1.56. The van der Waals surface area contributed by atoms with Gasteiger partial charge in [0.25, 0.3) is 5.56 Å². The second kappa shape index (κ2) is 8.96. The number of rotatable bonds is 5. The molecule has 182 valence electrons. The van der Waals surface area contributed by atoms with E-state index in [1.807, 2.05) is 38.1 Å². The Morgan fingerprint density at radius 1 is 0.972 bits per heavy atom. The van der Waals surface area contributed by atoms with Crippen LogP contribution in [0.3, 0.4) is 0 Å². The summed E-state index contributed by atoms with van der Waals surface area (Å²) in [5.74, 6) is -1.04. The first-order valence-electron chi connectivity index (χ1n) is 11.8. The molecule has 1 aromatic heterocycles. The molecule has 0 amide bonds. The second-order valence-electron chi connectivity index (χ2n) is 9.19. The minimum Gasteiger partial charge on any atom is -0.505 e. The van der Waals surface area contributed by atoms with Crippen molar-refractivity contribution in [3.8, 4) is 22.6 Å². The van der Waals surface area contributed by atoms with Crippen molar-refractivity contribution in [2.24, 2.45) is 10.2 Å². The van der Waals surface area contributed by atoms with E-state index in [2.05, 4.69) is 15.3 Å². The number of nitrogens with one attached hydrogen (secondary N) is 1. The van der Waals surface area contributed by atoms with Crippen molar-refractivity contribution < 1.29 is 15.0 Å². The van der Waals surface area contributed by atoms with Crippen LogP contribution in [0.2, 0.25) is 0 Å². The van der Waals surface area contributed by atoms with E-state index < -0.39 is 5.97 Å². The summed E-state index contributed by atoms with van der Waals surface area (Å²) < 4.78 is 1.44.